The number of carbonyl (C=O) groups is 1. The van der Waals surface area contributed by atoms with Crippen molar-refractivity contribution >= 4 is 58.8 Å². The molecule has 1 N–H and O–H groups in total. The van der Waals surface area contributed by atoms with Gasteiger partial charge in [0.25, 0.3) is 5.91 Å². The van der Waals surface area contributed by atoms with Crippen LogP contribution < -0.4 is 5.32 Å². The van der Waals surface area contributed by atoms with Crippen LogP contribution in [0.5, 0.6) is 0 Å². The molecule has 1 unspecified atom stereocenters. The Bertz CT molecular complexity index is 1030. The lowest BCUT2D eigenvalue weighted by molar-refractivity contribution is 0.0752. The number of aromatic nitrogens is 1. The first-order valence-electron chi connectivity index (χ1n) is 8.11. The van der Waals surface area contributed by atoms with Crippen molar-refractivity contribution in [2.75, 3.05) is 23.9 Å². The Morgan fingerprint density at radius 3 is 2.69 bits per heavy atom. The van der Waals surface area contributed by atoms with Crippen molar-refractivity contribution < 1.29 is 13.2 Å². The second-order valence-electron chi connectivity index (χ2n) is 6.26. The van der Waals surface area contributed by atoms with Crippen LogP contribution in [0.15, 0.2) is 36.4 Å². The third-order valence-electron chi connectivity index (χ3n) is 4.40. The molecule has 6 nitrogen and oxygen atoms in total. The SMILES string of the molecule is CN(C(=O)c1cc2sc(Nc3ccccc3)nc2s1)C1CCS(=O)(=O)C1. The normalized spacial score (nSPS) is 18.9. The number of hydrogen-bond donors (Lipinski definition) is 1. The molecule has 3 aromatic rings. The van der Waals surface area contributed by atoms with Crippen LogP contribution in [-0.2, 0) is 9.84 Å². The third-order valence-corrected chi connectivity index (χ3v) is 8.22. The van der Waals surface area contributed by atoms with Gasteiger partial charge in [-0.05, 0) is 24.6 Å². The van der Waals surface area contributed by atoms with Gasteiger partial charge in [-0.2, -0.15) is 0 Å². The fourth-order valence-electron chi connectivity index (χ4n) is 2.96. The molecule has 2 aromatic heterocycles. The maximum Gasteiger partial charge on any atom is 0.264 e. The van der Waals surface area contributed by atoms with E-state index in [2.05, 4.69) is 10.3 Å². The summed E-state index contributed by atoms with van der Waals surface area (Å²) in [5, 5.41) is 4.04. The molecular formula is C17H17N3O3S3. The Labute approximate surface area is 159 Å². The molecule has 0 spiro atoms. The second-order valence-corrected chi connectivity index (χ2v) is 10.6. The molecular weight excluding hydrogens is 390 g/mol. The first-order valence-corrected chi connectivity index (χ1v) is 11.6. The van der Waals surface area contributed by atoms with Crippen LogP contribution in [0.3, 0.4) is 0 Å². The number of amides is 1. The fourth-order valence-corrected chi connectivity index (χ4v) is 6.85. The van der Waals surface area contributed by atoms with Gasteiger partial charge in [-0.3, -0.25) is 4.79 Å². The average molecular weight is 408 g/mol. The molecule has 0 saturated carbocycles. The van der Waals surface area contributed by atoms with Crippen LogP contribution in [0.4, 0.5) is 10.8 Å². The van der Waals surface area contributed by atoms with Gasteiger partial charge in [0.2, 0.25) is 0 Å². The number of sulfone groups is 1. The van der Waals surface area contributed by atoms with Gasteiger partial charge >= 0.3 is 0 Å². The summed E-state index contributed by atoms with van der Waals surface area (Å²) in [5.41, 5.74) is 0.965. The molecule has 1 atom stereocenters. The molecule has 1 aliphatic heterocycles. The van der Waals surface area contributed by atoms with E-state index in [-0.39, 0.29) is 23.5 Å². The average Bonchev–Trinajstić information content (AvgIpc) is 3.27. The molecule has 26 heavy (non-hydrogen) atoms. The Balaban J connectivity index is 1.51. The highest BCUT2D eigenvalue weighted by atomic mass is 32.2. The monoisotopic (exact) mass is 407 g/mol. The molecule has 1 amide bonds. The summed E-state index contributed by atoms with van der Waals surface area (Å²) in [5.74, 6) is 0.0726. The second kappa shape index (κ2) is 6.64. The highest BCUT2D eigenvalue weighted by molar-refractivity contribution is 7.91. The molecule has 3 heterocycles. The summed E-state index contributed by atoms with van der Waals surface area (Å²) in [6, 6.07) is 11.4. The number of hydrogen-bond acceptors (Lipinski definition) is 7. The van der Waals surface area contributed by atoms with Crippen LogP contribution >= 0.6 is 22.7 Å². The van der Waals surface area contributed by atoms with Gasteiger partial charge in [-0.15, -0.1) is 11.3 Å². The van der Waals surface area contributed by atoms with Gasteiger partial charge in [-0.1, -0.05) is 29.5 Å². The van der Waals surface area contributed by atoms with Crippen LogP contribution in [-0.4, -0.2) is 48.8 Å². The van der Waals surface area contributed by atoms with E-state index < -0.39 is 9.84 Å². The minimum atomic E-state index is -3.01. The largest absolute Gasteiger partial charge is 0.337 e. The molecule has 0 radical (unpaired) electrons. The van der Waals surface area contributed by atoms with E-state index in [1.165, 1.54) is 22.7 Å². The van der Waals surface area contributed by atoms with Gasteiger partial charge < -0.3 is 10.2 Å². The van der Waals surface area contributed by atoms with Crippen molar-refractivity contribution in [3.8, 4) is 0 Å². The number of rotatable bonds is 4. The van der Waals surface area contributed by atoms with Crippen molar-refractivity contribution in [1.29, 1.82) is 0 Å². The minimum absolute atomic E-state index is 0.0539. The molecule has 9 heteroatoms. The summed E-state index contributed by atoms with van der Waals surface area (Å²) >= 11 is 2.84. The van der Waals surface area contributed by atoms with Crippen LogP contribution in [0.1, 0.15) is 16.1 Å². The predicted molar refractivity (Wildman–Crippen MR) is 106 cm³/mol. The van der Waals surface area contributed by atoms with E-state index in [0.717, 1.165) is 20.3 Å². The number of carbonyl (C=O) groups excluding carboxylic acids is 1. The lowest BCUT2D eigenvalue weighted by atomic mass is 10.2. The summed E-state index contributed by atoms with van der Waals surface area (Å²) < 4.78 is 24.2. The number of nitrogens with zero attached hydrogens (tertiary/aromatic N) is 2. The van der Waals surface area contributed by atoms with Gasteiger partial charge in [0, 0.05) is 18.8 Å². The number of anilines is 2. The quantitative estimate of drug-likeness (QED) is 0.717. The molecule has 0 bridgehead atoms. The van der Waals surface area contributed by atoms with Gasteiger partial charge in [-0.25, -0.2) is 13.4 Å². The zero-order chi connectivity index (χ0) is 18.3. The Kier molecular flexibility index (Phi) is 4.45. The molecule has 136 valence electrons. The van der Waals surface area contributed by atoms with Crippen molar-refractivity contribution in [3.63, 3.8) is 0 Å². The van der Waals surface area contributed by atoms with Crippen LogP contribution in [0.25, 0.3) is 9.53 Å². The number of benzene rings is 1. The Morgan fingerprint density at radius 2 is 2.04 bits per heavy atom. The van der Waals surface area contributed by atoms with Crippen molar-refractivity contribution in [2.24, 2.45) is 0 Å². The topological polar surface area (TPSA) is 79.4 Å². The first kappa shape index (κ1) is 17.4. The van der Waals surface area contributed by atoms with Crippen molar-refractivity contribution in [1.82, 2.24) is 9.88 Å². The van der Waals surface area contributed by atoms with E-state index in [9.17, 15) is 13.2 Å². The molecule has 1 aliphatic rings. The number of thiazole rings is 1. The van der Waals surface area contributed by atoms with Gasteiger partial charge in [0.05, 0.1) is 21.1 Å². The lowest BCUT2D eigenvalue weighted by Crippen LogP contribution is -2.37. The van der Waals surface area contributed by atoms with E-state index in [4.69, 9.17) is 0 Å². The number of thiophene rings is 1. The zero-order valence-corrected chi connectivity index (χ0v) is 16.5. The summed E-state index contributed by atoms with van der Waals surface area (Å²) in [6.45, 7) is 0. The van der Waals surface area contributed by atoms with E-state index >= 15 is 0 Å². The Hall–Kier alpha value is -1.97. The van der Waals surface area contributed by atoms with Gasteiger partial charge in [0.1, 0.15) is 4.83 Å². The summed E-state index contributed by atoms with van der Waals surface area (Å²) in [4.78, 5) is 20.2. The third kappa shape index (κ3) is 3.46. The maximum atomic E-state index is 12.7. The molecule has 1 saturated heterocycles. The van der Waals surface area contributed by atoms with Crippen LogP contribution in [0, 0.1) is 0 Å². The smallest absolute Gasteiger partial charge is 0.264 e. The number of nitrogens with one attached hydrogen (secondary N) is 1. The zero-order valence-electron chi connectivity index (χ0n) is 14.0. The van der Waals surface area contributed by atoms with Crippen molar-refractivity contribution in [2.45, 2.75) is 12.5 Å². The lowest BCUT2D eigenvalue weighted by Gasteiger charge is -2.22. The molecule has 1 fully saturated rings. The molecule has 0 aliphatic carbocycles. The molecule has 1 aromatic carbocycles. The maximum absolute atomic E-state index is 12.7. The standard InChI is InChI=1S/C17H17N3O3S3/c1-20(12-7-8-26(22,23)10-12)16(21)14-9-13-15(24-14)19-17(25-13)18-11-5-3-2-4-6-11/h2-6,9,12H,7-8,10H2,1H3,(H,18,19). The van der Waals surface area contributed by atoms with Crippen LogP contribution in [0.2, 0.25) is 0 Å². The fraction of sp³-hybridized carbons (Fsp3) is 0.294. The Morgan fingerprint density at radius 1 is 1.27 bits per heavy atom. The van der Waals surface area contributed by atoms with E-state index in [1.807, 2.05) is 36.4 Å². The summed E-state index contributed by atoms with van der Waals surface area (Å²) in [6.07, 6.45) is 0.508. The number of para-hydroxylation sites is 1. The highest BCUT2D eigenvalue weighted by Crippen LogP contribution is 2.35. The summed E-state index contributed by atoms with van der Waals surface area (Å²) in [7, 11) is -1.34. The van der Waals surface area contributed by atoms with E-state index in [0.29, 0.717) is 11.3 Å². The molecule has 4 rings (SSSR count). The van der Waals surface area contributed by atoms with Gasteiger partial charge in [0.15, 0.2) is 15.0 Å². The highest BCUT2D eigenvalue weighted by Gasteiger charge is 2.33. The van der Waals surface area contributed by atoms with E-state index in [1.54, 1.807) is 11.9 Å². The van der Waals surface area contributed by atoms with Crippen molar-refractivity contribution in [3.05, 3.63) is 41.3 Å². The number of fused-ring (bicyclic) bond motifs is 1. The predicted octanol–water partition coefficient (Wildman–Crippen LogP) is 3.36. The first-order chi connectivity index (χ1) is 12.4. The minimum Gasteiger partial charge on any atom is -0.337 e.